The van der Waals surface area contributed by atoms with E-state index in [4.69, 9.17) is 4.42 Å². The molecule has 0 N–H and O–H groups in total. The lowest BCUT2D eigenvalue weighted by molar-refractivity contribution is 0.385. The first-order valence-electron chi connectivity index (χ1n) is 8.60. The lowest BCUT2D eigenvalue weighted by Gasteiger charge is -2.14. The van der Waals surface area contributed by atoms with E-state index in [9.17, 15) is 0 Å². The highest BCUT2D eigenvalue weighted by atomic mass is 16.3. The Bertz CT molecular complexity index is 313. The van der Waals surface area contributed by atoms with Crippen LogP contribution >= 0.6 is 0 Å². The number of hydrogen-bond acceptors (Lipinski definition) is 1. The van der Waals surface area contributed by atoms with Crippen LogP contribution in [0.25, 0.3) is 0 Å². The van der Waals surface area contributed by atoms with Gasteiger partial charge in [-0.25, -0.2) is 0 Å². The maximum absolute atomic E-state index is 5.39. The molecule has 1 aromatic heterocycles. The second-order valence-corrected chi connectivity index (χ2v) is 7.08. The molecule has 116 valence electrons. The lowest BCUT2D eigenvalue weighted by atomic mass is 9.92. The largest absolute Gasteiger partial charge is 0.469 e. The molecule has 1 nitrogen and oxygen atoms in total. The molecule has 20 heavy (non-hydrogen) atoms. The monoisotopic (exact) mass is 278 g/mol. The summed E-state index contributed by atoms with van der Waals surface area (Å²) in [5, 5.41) is 0. The fourth-order valence-electron chi connectivity index (χ4n) is 2.82. The molecule has 1 rings (SSSR count). The molecule has 0 aromatic carbocycles. The zero-order valence-electron chi connectivity index (χ0n) is 14.0. The van der Waals surface area contributed by atoms with Gasteiger partial charge in [0.2, 0.25) is 0 Å². The Balaban J connectivity index is 1.99. The molecule has 0 aliphatic rings. The van der Waals surface area contributed by atoms with E-state index in [1.165, 1.54) is 44.9 Å². The van der Waals surface area contributed by atoms with E-state index >= 15 is 0 Å². The molecule has 1 aromatic rings. The van der Waals surface area contributed by atoms with Crippen LogP contribution in [0.4, 0.5) is 0 Å². The summed E-state index contributed by atoms with van der Waals surface area (Å²) < 4.78 is 5.39. The van der Waals surface area contributed by atoms with Gasteiger partial charge in [0.05, 0.1) is 6.26 Å². The van der Waals surface area contributed by atoms with Gasteiger partial charge in [0, 0.05) is 6.42 Å². The normalized spacial score (nSPS) is 14.7. The molecular formula is C19H34O. The van der Waals surface area contributed by atoms with Gasteiger partial charge in [-0.2, -0.15) is 0 Å². The van der Waals surface area contributed by atoms with E-state index in [1.807, 2.05) is 6.07 Å². The fourth-order valence-corrected chi connectivity index (χ4v) is 2.82. The summed E-state index contributed by atoms with van der Waals surface area (Å²) >= 11 is 0. The third-order valence-electron chi connectivity index (χ3n) is 4.34. The van der Waals surface area contributed by atoms with Crippen molar-refractivity contribution in [3.05, 3.63) is 24.2 Å². The van der Waals surface area contributed by atoms with Crippen LogP contribution in [0.1, 0.15) is 78.4 Å². The number of rotatable bonds is 11. The minimum atomic E-state index is 0.822. The van der Waals surface area contributed by atoms with Gasteiger partial charge in [-0.15, -0.1) is 0 Å². The summed E-state index contributed by atoms with van der Waals surface area (Å²) in [6.45, 7) is 9.46. The van der Waals surface area contributed by atoms with E-state index in [0.29, 0.717) is 0 Å². The first-order chi connectivity index (χ1) is 9.58. The van der Waals surface area contributed by atoms with Gasteiger partial charge < -0.3 is 4.42 Å². The van der Waals surface area contributed by atoms with Crippen molar-refractivity contribution in [2.45, 2.75) is 79.1 Å². The molecule has 2 atom stereocenters. The van der Waals surface area contributed by atoms with Crippen molar-refractivity contribution >= 4 is 0 Å². The molecule has 0 spiro atoms. The van der Waals surface area contributed by atoms with E-state index in [1.54, 1.807) is 6.26 Å². The van der Waals surface area contributed by atoms with Crippen LogP contribution < -0.4 is 0 Å². The van der Waals surface area contributed by atoms with Crippen LogP contribution in [0.2, 0.25) is 0 Å². The zero-order valence-corrected chi connectivity index (χ0v) is 14.0. The zero-order chi connectivity index (χ0) is 14.8. The SMILES string of the molecule is CC(C)CCCC(C)CCCC(C)CCc1ccco1. The average molecular weight is 278 g/mol. The summed E-state index contributed by atoms with van der Waals surface area (Å²) in [5.74, 6) is 3.73. The van der Waals surface area contributed by atoms with Gasteiger partial charge in [-0.1, -0.05) is 66.2 Å². The molecule has 0 saturated heterocycles. The quantitative estimate of drug-likeness (QED) is 0.451. The standard InChI is InChI=1S/C19H34O/c1-16(2)8-5-9-17(3)10-6-11-18(4)13-14-19-12-7-15-20-19/h7,12,15-18H,5-6,8-11,13-14H2,1-4H3. The maximum Gasteiger partial charge on any atom is 0.103 e. The third-order valence-corrected chi connectivity index (χ3v) is 4.34. The van der Waals surface area contributed by atoms with Gasteiger partial charge in [0.15, 0.2) is 0 Å². The van der Waals surface area contributed by atoms with Crippen molar-refractivity contribution in [1.29, 1.82) is 0 Å². The molecule has 0 saturated carbocycles. The van der Waals surface area contributed by atoms with Crippen LogP contribution in [0.5, 0.6) is 0 Å². The molecule has 1 heterocycles. The Kier molecular flexibility index (Phi) is 8.73. The van der Waals surface area contributed by atoms with Gasteiger partial charge in [-0.05, 0) is 36.3 Å². The van der Waals surface area contributed by atoms with Crippen molar-refractivity contribution in [2.75, 3.05) is 0 Å². The molecule has 0 aliphatic heterocycles. The van der Waals surface area contributed by atoms with E-state index in [2.05, 4.69) is 33.8 Å². The molecule has 0 aliphatic carbocycles. The molecular weight excluding hydrogens is 244 g/mol. The summed E-state index contributed by atoms with van der Waals surface area (Å²) in [7, 11) is 0. The first kappa shape index (κ1) is 17.3. The van der Waals surface area contributed by atoms with Gasteiger partial charge in [0.1, 0.15) is 5.76 Å². The molecule has 0 bridgehead atoms. The van der Waals surface area contributed by atoms with Crippen LogP contribution in [-0.2, 0) is 6.42 Å². The maximum atomic E-state index is 5.39. The van der Waals surface area contributed by atoms with Crippen molar-refractivity contribution in [2.24, 2.45) is 17.8 Å². The molecule has 0 fully saturated rings. The van der Waals surface area contributed by atoms with Crippen molar-refractivity contribution in [3.63, 3.8) is 0 Å². The van der Waals surface area contributed by atoms with Crippen molar-refractivity contribution in [3.8, 4) is 0 Å². The number of hydrogen-bond donors (Lipinski definition) is 0. The van der Waals surface area contributed by atoms with E-state index in [-0.39, 0.29) is 0 Å². The second-order valence-electron chi connectivity index (χ2n) is 7.08. The van der Waals surface area contributed by atoms with Crippen molar-refractivity contribution < 1.29 is 4.42 Å². The molecule has 0 radical (unpaired) electrons. The summed E-state index contributed by atoms with van der Waals surface area (Å²) in [6, 6.07) is 4.07. The van der Waals surface area contributed by atoms with Crippen LogP contribution in [0.3, 0.4) is 0 Å². The predicted molar refractivity (Wildman–Crippen MR) is 87.9 cm³/mol. The Hall–Kier alpha value is -0.720. The van der Waals surface area contributed by atoms with Gasteiger partial charge >= 0.3 is 0 Å². The van der Waals surface area contributed by atoms with Crippen LogP contribution in [0, 0.1) is 17.8 Å². The topological polar surface area (TPSA) is 13.1 Å². The molecule has 2 unspecified atom stereocenters. The predicted octanol–water partition coefficient (Wildman–Crippen LogP) is 6.48. The summed E-state index contributed by atoms with van der Waals surface area (Å²) in [4.78, 5) is 0. The van der Waals surface area contributed by atoms with Gasteiger partial charge in [0.25, 0.3) is 0 Å². The van der Waals surface area contributed by atoms with Crippen LogP contribution in [-0.4, -0.2) is 0 Å². The highest BCUT2D eigenvalue weighted by Gasteiger charge is 2.07. The Labute approximate surface area is 126 Å². The molecule has 0 amide bonds. The summed E-state index contributed by atoms with van der Waals surface area (Å²) in [6.07, 6.45) is 12.5. The van der Waals surface area contributed by atoms with Crippen LogP contribution in [0.15, 0.2) is 22.8 Å². The smallest absolute Gasteiger partial charge is 0.103 e. The minimum absolute atomic E-state index is 0.822. The van der Waals surface area contributed by atoms with Gasteiger partial charge in [-0.3, -0.25) is 0 Å². The number of furan rings is 1. The number of aryl methyl sites for hydroxylation is 1. The second kappa shape index (κ2) is 10.1. The minimum Gasteiger partial charge on any atom is -0.469 e. The average Bonchev–Trinajstić information content (AvgIpc) is 2.89. The highest BCUT2D eigenvalue weighted by molar-refractivity contribution is 4.98. The third kappa shape index (κ3) is 8.45. The Morgan fingerprint density at radius 1 is 0.850 bits per heavy atom. The highest BCUT2D eigenvalue weighted by Crippen LogP contribution is 2.21. The van der Waals surface area contributed by atoms with E-state index < -0.39 is 0 Å². The first-order valence-corrected chi connectivity index (χ1v) is 8.60. The Morgan fingerprint density at radius 2 is 1.45 bits per heavy atom. The lowest BCUT2D eigenvalue weighted by Crippen LogP contribution is -2.01. The van der Waals surface area contributed by atoms with Crippen molar-refractivity contribution in [1.82, 2.24) is 0 Å². The Morgan fingerprint density at radius 3 is 2.00 bits per heavy atom. The summed E-state index contributed by atoms with van der Waals surface area (Å²) in [5.41, 5.74) is 0. The van der Waals surface area contributed by atoms with E-state index in [0.717, 1.165) is 29.9 Å². The molecule has 1 heteroatoms. The fraction of sp³-hybridized carbons (Fsp3) is 0.789.